The van der Waals surface area contributed by atoms with Crippen molar-refractivity contribution in [2.75, 3.05) is 18.6 Å². The Morgan fingerprint density at radius 2 is 2.12 bits per heavy atom. The van der Waals surface area contributed by atoms with Crippen LogP contribution in [0.3, 0.4) is 0 Å². The maximum absolute atomic E-state index is 12.5. The molecule has 1 aliphatic heterocycles. The molecule has 0 aliphatic carbocycles. The zero-order valence-electron chi connectivity index (χ0n) is 13.4. The number of H-pyrrole nitrogens is 1. The van der Waals surface area contributed by atoms with Crippen LogP contribution >= 0.6 is 11.8 Å². The van der Waals surface area contributed by atoms with Gasteiger partial charge in [0.15, 0.2) is 0 Å². The number of hydrogen-bond acceptors (Lipinski definition) is 4. The lowest BCUT2D eigenvalue weighted by atomic mass is 9.92. The quantitative estimate of drug-likeness (QED) is 0.770. The molecule has 0 radical (unpaired) electrons. The second-order valence-corrected chi connectivity index (χ2v) is 7.15. The average Bonchev–Trinajstić information content (AvgIpc) is 2.98. The number of rotatable bonds is 5. The molecule has 1 aliphatic rings. The highest BCUT2D eigenvalue weighted by atomic mass is 32.2. The molecule has 128 valence electrons. The van der Waals surface area contributed by atoms with Crippen molar-refractivity contribution < 1.29 is 19.4 Å². The highest BCUT2D eigenvalue weighted by molar-refractivity contribution is 7.99. The summed E-state index contributed by atoms with van der Waals surface area (Å²) in [5.41, 5.74) is 0.545. The maximum atomic E-state index is 12.5. The van der Waals surface area contributed by atoms with Crippen molar-refractivity contribution in [3.05, 3.63) is 30.0 Å². The number of aliphatic carboxylic acids is 1. The third-order valence-electron chi connectivity index (χ3n) is 4.45. The summed E-state index contributed by atoms with van der Waals surface area (Å²) in [5.74, 6) is 0.948. The van der Waals surface area contributed by atoms with Crippen molar-refractivity contribution in [1.29, 1.82) is 0 Å². The van der Waals surface area contributed by atoms with Crippen molar-refractivity contribution >= 4 is 34.5 Å². The minimum absolute atomic E-state index is 0.114. The van der Waals surface area contributed by atoms with E-state index in [0.717, 1.165) is 28.0 Å². The van der Waals surface area contributed by atoms with E-state index in [1.807, 2.05) is 18.2 Å². The van der Waals surface area contributed by atoms with E-state index in [1.165, 1.54) is 0 Å². The lowest BCUT2D eigenvalue weighted by molar-refractivity contribution is -0.148. The minimum atomic E-state index is -1.14. The van der Waals surface area contributed by atoms with Gasteiger partial charge in [-0.15, -0.1) is 0 Å². The number of nitrogens with one attached hydrogen (secondary N) is 2. The van der Waals surface area contributed by atoms with E-state index < -0.39 is 11.5 Å². The van der Waals surface area contributed by atoms with E-state index in [0.29, 0.717) is 18.6 Å². The Hall–Kier alpha value is -2.15. The molecule has 24 heavy (non-hydrogen) atoms. The van der Waals surface area contributed by atoms with E-state index in [1.54, 1.807) is 25.1 Å². The number of fused-ring (bicyclic) bond motifs is 1. The van der Waals surface area contributed by atoms with E-state index >= 15 is 0 Å². The number of carboxylic acid groups (broad SMARTS) is 1. The largest absolute Gasteiger partial charge is 0.496 e. The fourth-order valence-electron chi connectivity index (χ4n) is 3.13. The second kappa shape index (κ2) is 6.76. The third kappa shape index (κ3) is 3.08. The Morgan fingerprint density at radius 3 is 2.79 bits per heavy atom. The topological polar surface area (TPSA) is 91.4 Å². The number of benzene rings is 1. The molecule has 1 saturated heterocycles. The van der Waals surface area contributed by atoms with Crippen molar-refractivity contribution in [2.45, 2.75) is 24.8 Å². The lowest BCUT2D eigenvalue weighted by Crippen LogP contribution is -2.56. The molecule has 2 aromatic rings. The average molecular weight is 348 g/mol. The smallest absolute Gasteiger partial charge is 0.329 e. The third-order valence-corrected chi connectivity index (χ3v) is 5.44. The summed E-state index contributed by atoms with van der Waals surface area (Å²) >= 11 is 1.72. The van der Waals surface area contributed by atoms with Crippen LogP contribution in [0.15, 0.2) is 24.4 Å². The Morgan fingerprint density at radius 1 is 1.38 bits per heavy atom. The molecular formula is C17H20N2O4S. The first-order valence-electron chi connectivity index (χ1n) is 7.81. The normalized spacial score (nSPS) is 16.7. The van der Waals surface area contributed by atoms with E-state index in [9.17, 15) is 14.7 Å². The van der Waals surface area contributed by atoms with E-state index in [-0.39, 0.29) is 12.3 Å². The predicted octanol–water partition coefficient (Wildman–Crippen LogP) is 2.19. The minimum Gasteiger partial charge on any atom is -0.496 e. The summed E-state index contributed by atoms with van der Waals surface area (Å²) in [6.07, 6.45) is 2.80. The van der Waals surface area contributed by atoms with Gasteiger partial charge in [-0.05, 0) is 42.0 Å². The molecule has 7 heteroatoms. The summed E-state index contributed by atoms with van der Waals surface area (Å²) in [6.45, 7) is 0. The maximum Gasteiger partial charge on any atom is 0.329 e. The zero-order valence-corrected chi connectivity index (χ0v) is 14.2. The number of carbonyl (C=O) groups is 2. The van der Waals surface area contributed by atoms with Crippen LogP contribution in [-0.4, -0.2) is 46.1 Å². The van der Waals surface area contributed by atoms with Crippen molar-refractivity contribution in [2.24, 2.45) is 0 Å². The Balaban J connectivity index is 1.81. The lowest BCUT2D eigenvalue weighted by Gasteiger charge is -2.33. The molecule has 0 atom stereocenters. The molecule has 6 nitrogen and oxygen atoms in total. The molecule has 3 rings (SSSR count). The summed E-state index contributed by atoms with van der Waals surface area (Å²) in [5, 5.41) is 13.2. The summed E-state index contributed by atoms with van der Waals surface area (Å²) in [7, 11) is 1.59. The second-order valence-electron chi connectivity index (χ2n) is 5.92. The number of aromatic amines is 1. The number of methoxy groups -OCH3 is 1. The van der Waals surface area contributed by atoms with Crippen LogP contribution in [0.4, 0.5) is 0 Å². The fraction of sp³-hybridized carbons (Fsp3) is 0.412. The van der Waals surface area contributed by atoms with Gasteiger partial charge in [0.1, 0.15) is 11.3 Å². The van der Waals surface area contributed by atoms with Crippen molar-refractivity contribution in [1.82, 2.24) is 10.3 Å². The number of carbonyl (C=O) groups excluding carboxylic acids is 1. The number of thioether (sulfide) groups is 1. The first-order chi connectivity index (χ1) is 11.6. The Bertz CT molecular complexity index is 765. The van der Waals surface area contributed by atoms with Crippen LogP contribution in [-0.2, 0) is 16.0 Å². The number of aromatic nitrogens is 1. The zero-order chi connectivity index (χ0) is 17.2. The highest BCUT2D eigenvalue weighted by Gasteiger charge is 2.41. The van der Waals surface area contributed by atoms with Gasteiger partial charge in [-0.3, -0.25) is 4.79 Å². The van der Waals surface area contributed by atoms with Gasteiger partial charge >= 0.3 is 5.97 Å². The van der Waals surface area contributed by atoms with Crippen LogP contribution in [0.25, 0.3) is 10.9 Å². The van der Waals surface area contributed by atoms with Gasteiger partial charge in [0.25, 0.3) is 0 Å². The predicted molar refractivity (Wildman–Crippen MR) is 93.6 cm³/mol. The van der Waals surface area contributed by atoms with Gasteiger partial charge < -0.3 is 20.1 Å². The van der Waals surface area contributed by atoms with Gasteiger partial charge in [-0.25, -0.2) is 4.79 Å². The van der Waals surface area contributed by atoms with Gasteiger partial charge in [-0.1, -0.05) is 6.07 Å². The first-order valence-corrected chi connectivity index (χ1v) is 8.96. The molecular weight excluding hydrogens is 328 g/mol. The van der Waals surface area contributed by atoms with Crippen LogP contribution in [0.5, 0.6) is 5.75 Å². The summed E-state index contributed by atoms with van der Waals surface area (Å²) in [4.78, 5) is 27.3. The molecule has 1 aromatic heterocycles. The molecule has 1 fully saturated rings. The Labute approximate surface area is 144 Å². The first kappa shape index (κ1) is 16.7. The van der Waals surface area contributed by atoms with Gasteiger partial charge in [-0.2, -0.15) is 11.8 Å². The SMILES string of the molecule is COc1cccc2[nH]cc(CC(=O)NC3(C(=O)O)CCSCC3)c12. The molecule has 1 aromatic carbocycles. The number of amides is 1. The molecule has 0 unspecified atom stereocenters. The number of hydrogen-bond donors (Lipinski definition) is 3. The van der Waals surface area contributed by atoms with Crippen LogP contribution < -0.4 is 10.1 Å². The van der Waals surface area contributed by atoms with Crippen molar-refractivity contribution in [3.8, 4) is 5.75 Å². The van der Waals surface area contributed by atoms with Crippen LogP contribution in [0.1, 0.15) is 18.4 Å². The van der Waals surface area contributed by atoms with Crippen LogP contribution in [0, 0.1) is 0 Å². The highest BCUT2D eigenvalue weighted by Crippen LogP contribution is 2.30. The molecule has 2 heterocycles. The van der Waals surface area contributed by atoms with E-state index in [2.05, 4.69) is 10.3 Å². The molecule has 0 spiro atoms. The number of ether oxygens (including phenoxy) is 1. The van der Waals surface area contributed by atoms with Crippen LogP contribution in [0.2, 0.25) is 0 Å². The summed E-state index contributed by atoms with van der Waals surface area (Å²) < 4.78 is 5.37. The fourth-order valence-corrected chi connectivity index (χ4v) is 4.32. The molecule has 0 bridgehead atoms. The van der Waals surface area contributed by atoms with Gasteiger partial charge in [0.05, 0.1) is 13.5 Å². The Kier molecular flexibility index (Phi) is 4.71. The van der Waals surface area contributed by atoms with Gasteiger partial charge in [0.2, 0.25) is 5.91 Å². The van der Waals surface area contributed by atoms with Crippen molar-refractivity contribution in [3.63, 3.8) is 0 Å². The molecule has 3 N–H and O–H groups in total. The van der Waals surface area contributed by atoms with E-state index in [4.69, 9.17) is 4.74 Å². The number of carboxylic acids is 1. The molecule has 1 amide bonds. The summed E-state index contributed by atoms with van der Waals surface area (Å²) in [6, 6.07) is 5.63. The standard InChI is InChI=1S/C17H20N2O4S/c1-23-13-4-2-3-12-15(13)11(10-18-12)9-14(20)19-17(16(21)22)5-7-24-8-6-17/h2-4,10,18H,5-9H2,1H3,(H,19,20)(H,21,22). The molecule has 0 saturated carbocycles. The van der Waals surface area contributed by atoms with Gasteiger partial charge in [0, 0.05) is 17.1 Å². The monoisotopic (exact) mass is 348 g/mol.